The molecule has 16 heavy (non-hydrogen) atoms. The van der Waals surface area contributed by atoms with Gasteiger partial charge in [-0.1, -0.05) is 0 Å². The molecule has 2 N–H and O–H groups in total. The molecule has 1 aromatic rings. The molecular weight excluding hydrogens is 222 g/mol. The molecule has 4 heteroatoms. The molecule has 1 rings (SSSR count). The first-order valence-corrected chi connectivity index (χ1v) is 6.35. The lowest BCUT2D eigenvalue weighted by atomic mass is 10.2. The minimum absolute atomic E-state index is 0.00774. The normalized spacial score (nSPS) is 12.5. The van der Waals surface area contributed by atoms with Gasteiger partial charge in [0.15, 0.2) is 0 Å². The standard InChI is InChI=1S/C12H19NO2S/c1-8-7-11(16-10(8)3)12(15)13-9(2)5-4-6-14/h7,9,14H,4-6H2,1-3H3,(H,13,15). The second-order valence-electron chi connectivity index (χ2n) is 4.09. The van der Waals surface area contributed by atoms with Gasteiger partial charge in [-0.15, -0.1) is 11.3 Å². The van der Waals surface area contributed by atoms with E-state index in [9.17, 15) is 4.79 Å². The quantitative estimate of drug-likeness (QED) is 0.830. The van der Waals surface area contributed by atoms with Crippen LogP contribution in [0, 0.1) is 13.8 Å². The molecule has 0 aliphatic heterocycles. The summed E-state index contributed by atoms with van der Waals surface area (Å²) in [6.07, 6.45) is 1.54. The molecule has 0 saturated heterocycles. The number of aryl methyl sites for hydroxylation is 2. The van der Waals surface area contributed by atoms with Crippen LogP contribution in [0.2, 0.25) is 0 Å². The number of hydrogen-bond donors (Lipinski definition) is 2. The van der Waals surface area contributed by atoms with E-state index in [1.807, 2.05) is 26.8 Å². The van der Waals surface area contributed by atoms with Crippen LogP contribution < -0.4 is 5.32 Å². The van der Waals surface area contributed by atoms with Gasteiger partial charge in [0, 0.05) is 17.5 Å². The Kier molecular flexibility index (Phi) is 4.96. The molecule has 1 unspecified atom stereocenters. The molecule has 90 valence electrons. The summed E-state index contributed by atoms with van der Waals surface area (Å²) in [5, 5.41) is 11.6. The van der Waals surface area contributed by atoms with Crippen molar-refractivity contribution in [3.05, 3.63) is 21.4 Å². The number of amides is 1. The maximum absolute atomic E-state index is 11.8. The Morgan fingerprint density at radius 3 is 2.75 bits per heavy atom. The van der Waals surface area contributed by atoms with Crippen LogP contribution in [0.25, 0.3) is 0 Å². The molecule has 0 aliphatic carbocycles. The van der Waals surface area contributed by atoms with Crippen molar-refractivity contribution in [3.8, 4) is 0 Å². The number of aliphatic hydroxyl groups excluding tert-OH is 1. The smallest absolute Gasteiger partial charge is 0.261 e. The number of rotatable bonds is 5. The van der Waals surface area contributed by atoms with Crippen LogP contribution in [0.4, 0.5) is 0 Å². The molecule has 1 aromatic heterocycles. The molecule has 0 spiro atoms. The van der Waals surface area contributed by atoms with E-state index in [-0.39, 0.29) is 18.6 Å². The highest BCUT2D eigenvalue weighted by Crippen LogP contribution is 2.20. The van der Waals surface area contributed by atoms with Gasteiger partial charge in [0.05, 0.1) is 4.88 Å². The highest BCUT2D eigenvalue weighted by molar-refractivity contribution is 7.14. The van der Waals surface area contributed by atoms with E-state index in [0.29, 0.717) is 0 Å². The van der Waals surface area contributed by atoms with Crippen molar-refractivity contribution in [2.45, 2.75) is 39.7 Å². The molecule has 0 aliphatic rings. The van der Waals surface area contributed by atoms with Gasteiger partial charge in [0.25, 0.3) is 5.91 Å². The maximum atomic E-state index is 11.8. The van der Waals surface area contributed by atoms with Gasteiger partial charge in [-0.25, -0.2) is 0 Å². The van der Waals surface area contributed by atoms with Crippen molar-refractivity contribution in [2.75, 3.05) is 6.61 Å². The number of carbonyl (C=O) groups excluding carboxylic acids is 1. The predicted molar refractivity (Wildman–Crippen MR) is 67.0 cm³/mol. The van der Waals surface area contributed by atoms with Gasteiger partial charge in [-0.3, -0.25) is 4.79 Å². The average Bonchev–Trinajstić information content (AvgIpc) is 2.56. The van der Waals surface area contributed by atoms with Crippen LogP contribution in [-0.4, -0.2) is 23.7 Å². The fourth-order valence-corrected chi connectivity index (χ4v) is 2.39. The minimum atomic E-state index is -0.00774. The van der Waals surface area contributed by atoms with Crippen LogP contribution in [0.5, 0.6) is 0 Å². The summed E-state index contributed by atoms with van der Waals surface area (Å²) >= 11 is 1.53. The van der Waals surface area contributed by atoms with Crippen molar-refractivity contribution in [1.29, 1.82) is 0 Å². The summed E-state index contributed by atoms with van der Waals surface area (Å²) in [5.41, 5.74) is 1.16. The molecular formula is C12H19NO2S. The Morgan fingerprint density at radius 1 is 1.56 bits per heavy atom. The zero-order chi connectivity index (χ0) is 12.1. The van der Waals surface area contributed by atoms with Gasteiger partial charge in [0.2, 0.25) is 0 Å². The molecule has 1 heterocycles. The highest BCUT2D eigenvalue weighted by atomic mass is 32.1. The number of nitrogens with one attached hydrogen (secondary N) is 1. The van der Waals surface area contributed by atoms with Crippen LogP contribution in [0.1, 0.15) is 39.9 Å². The van der Waals surface area contributed by atoms with Gasteiger partial charge in [-0.05, 0) is 45.2 Å². The van der Waals surface area contributed by atoms with Gasteiger partial charge in [-0.2, -0.15) is 0 Å². The highest BCUT2D eigenvalue weighted by Gasteiger charge is 2.12. The number of thiophene rings is 1. The maximum Gasteiger partial charge on any atom is 0.261 e. The largest absolute Gasteiger partial charge is 0.396 e. The lowest BCUT2D eigenvalue weighted by Crippen LogP contribution is -2.32. The molecule has 0 saturated carbocycles. The molecule has 1 amide bonds. The molecule has 0 aromatic carbocycles. The third-order valence-electron chi connectivity index (χ3n) is 2.56. The van der Waals surface area contributed by atoms with Crippen molar-refractivity contribution >= 4 is 17.2 Å². The zero-order valence-electron chi connectivity index (χ0n) is 10.0. The van der Waals surface area contributed by atoms with Crippen LogP contribution >= 0.6 is 11.3 Å². The fraction of sp³-hybridized carbons (Fsp3) is 0.583. The molecule has 1 atom stereocenters. The third kappa shape index (κ3) is 3.61. The van der Waals surface area contributed by atoms with Crippen molar-refractivity contribution < 1.29 is 9.90 Å². The number of hydrogen-bond acceptors (Lipinski definition) is 3. The Morgan fingerprint density at radius 2 is 2.25 bits per heavy atom. The summed E-state index contributed by atoms with van der Waals surface area (Å²) < 4.78 is 0. The Bertz CT molecular complexity index is 340. The molecule has 0 fully saturated rings. The summed E-state index contributed by atoms with van der Waals surface area (Å²) in [7, 11) is 0. The monoisotopic (exact) mass is 241 g/mol. The molecule has 0 bridgehead atoms. The average molecular weight is 241 g/mol. The van der Waals surface area contributed by atoms with Gasteiger partial charge >= 0.3 is 0 Å². The van der Waals surface area contributed by atoms with E-state index in [4.69, 9.17) is 5.11 Å². The second-order valence-corrected chi connectivity index (χ2v) is 5.35. The Balaban J connectivity index is 2.52. The van der Waals surface area contributed by atoms with E-state index in [1.54, 1.807) is 0 Å². The summed E-state index contributed by atoms with van der Waals surface area (Å²) in [4.78, 5) is 13.8. The fourth-order valence-electron chi connectivity index (χ4n) is 1.45. The predicted octanol–water partition coefficient (Wildman–Crippen LogP) is 2.26. The first-order valence-electron chi connectivity index (χ1n) is 5.53. The van der Waals surface area contributed by atoms with Crippen molar-refractivity contribution in [1.82, 2.24) is 5.32 Å². The van der Waals surface area contributed by atoms with Gasteiger partial charge < -0.3 is 10.4 Å². The number of aliphatic hydroxyl groups is 1. The van der Waals surface area contributed by atoms with Crippen LogP contribution in [-0.2, 0) is 0 Å². The Hall–Kier alpha value is -0.870. The SMILES string of the molecule is Cc1cc(C(=O)NC(C)CCCO)sc1C. The van der Waals surface area contributed by atoms with E-state index < -0.39 is 0 Å². The first-order chi connectivity index (χ1) is 7.54. The zero-order valence-corrected chi connectivity index (χ0v) is 10.9. The van der Waals surface area contributed by atoms with Crippen LogP contribution in [0.15, 0.2) is 6.07 Å². The van der Waals surface area contributed by atoms with E-state index >= 15 is 0 Å². The van der Waals surface area contributed by atoms with Crippen molar-refractivity contribution in [2.24, 2.45) is 0 Å². The minimum Gasteiger partial charge on any atom is -0.396 e. The summed E-state index contributed by atoms with van der Waals surface area (Å²) in [5.74, 6) is -0.00774. The van der Waals surface area contributed by atoms with E-state index in [2.05, 4.69) is 5.32 Å². The second kappa shape index (κ2) is 6.01. The van der Waals surface area contributed by atoms with E-state index in [0.717, 1.165) is 23.3 Å². The van der Waals surface area contributed by atoms with Gasteiger partial charge in [0.1, 0.15) is 0 Å². The topological polar surface area (TPSA) is 49.3 Å². The lowest BCUT2D eigenvalue weighted by molar-refractivity contribution is 0.0940. The first kappa shape index (κ1) is 13.2. The summed E-state index contributed by atoms with van der Waals surface area (Å²) in [6, 6.07) is 2.04. The van der Waals surface area contributed by atoms with E-state index in [1.165, 1.54) is 16.2 Å². The van der Waals surface area contributed by atoms with Crippen molar-refractivity contribution in [3.63, 3.8) is 0 Å². The molecule has 0 radical (unpaired) electrons. The Labute approximate surface area is 100 Å². The lowest BCUT2D eigenvalue weighted by Gasteiger charge is -2.11. The van der Waals surface area contributed by atoms with Crippen LogP contribution in [0.3, 0.4) is 0 Å². The third-order valence-corrected chi connectivity index (χ3v) is 3.71. The number of carbonyl (C=O) groups is 1. The summed E-state index contributed by atoms with van der Waals surface area (Å²) in [6.45, 7) is 6.17. The molecule has 3 nitrogen and oxygen atoms in total.